The van der Waals surface area contributed by atoms with Crippen molar-refractivity contribution in [3.63, 3.8) is 0 Å². The van der Waals surface area contributed by atoms with Gasteiger partial charge in [0.25, 0.3) is 0 Å². The van der Waals surface area contributed by atoms with Crippen LogP contribution in [0.3, 0.4) is 0 Å². The molecule has 0 aromatic rings. The Bertz CT molecular complexity index is 251. The van der Waals surface area contributed by atoms with Crippen LogP contribution in [0.15, 0.2) is 0 Å². The molecule has 19 heavy (non-hydrogen) atoms. The average molecular weight is 270 g/mol. The van der Waals surface area contributed by atoms with Crippen LogP contribution in [-0.4, -0.2) is 54.4 Å². The first-order valence-electron chi connectivity index (χ1n) is 7.76. The Labute approximate surface area is 119 Å². The minimum atomic E-state index is 0.137. The van der Waals surface area contributed by atoms with Crippen molar-refractivity contribution in [2.24, 2.45) is 0 Å². The lowest BCUT2D eigenvalue weighted by Crippen LogP contribution is -2.59. The summed E-state index contributed by atoms with van der Waals surface area (Å²) in [5, 5.41) is 11.0. The van der Waals surface area contributed by atoms with Gasteiger partial charge in [-0.05, 0) is 20.8 Å². The Hall–Kier alpha value is -0.160. The van der Waals surface area contributed by atoms with E-state index < -0.39 is 0 Å². The van der Waals surface area contributed by atoms with Crippen molar-refractivity contribution in [3.8, 4) is 0 Å². The summed E-state index contributed by atoms with van der Waals surface area (Å²) < 4.78 is 0. The first kappa shape index (κ1) is 16.9. The van der Waals surface area contributed by atoms with Crippen molar-refractivity contribution in [2.75, 3.05) is 19.6 Å². The van der Waals surface area contributed by atoms with Gasteiger partial charge in [0.1, 0.15) is 0 Å². The van der Waals surface area contributed by atoms with Crippen molar-refractivity contribution >= 4 is 0 Å². The van der Waals surface area contributed by atoms with Gasteiger partial charge < -0.3 is 10.6 Å². The van der Waals surface area contributed by atoms with Gasteiger partial charge >= 0.3 is 0 Å². The second-order valence-corrected chi connectivity index (χ2v) is 6.94. The van der Waals surface area contributed by atoms with Crippen LogP contribution in [-0.2, 0) is 0 Å². The molecule has 0 saturated carbocycles. The summed E-state index contributed by atoms with van der Waals surface area (Å²) in [4.78, 5) is 2.55. The van der Waals surface area contributed by atoms with E-state index in [9.17, 15) is 0 Å². The van der Waals surface area contributed by atoms with Gasteiger partial charge in [-0.1, -0.05) is 27.7 Å². The van der Waals surface area contributed by atoms with E-state index >= 15 is 0 Å². The van der Waals surface area contributed by atoms with Crippen LogP contribution >= 0.6 is 0 Å². The Morgan fingerprint density at radius 2 is 1.53 bits per heavy atom. The van der Waals surface area contributed by atoms with E-state index in [0.717, 1.165) is 19.6 Å². The van der Waals surface area contributed by atoms with Crippen LogP contribution in [0.1, 0.15) is 48.5 Å². The number of nitrogens with zero attached hydrogens (tertiary/aromatic N) is 1. The van der Waals surface area contributed by atoms with Crippen LogP contribution in [0.5, 0.6) is 0 Å². The van der Waals surface area contributed by atoms with Crippen LogP contribution in [0, 0.1) is 0 Å². The van der Waals surface area contributed by atoms with E-state index in [0.29, 0.717) is 24.3 Å². The van der Waals surface area contributed by atoms with Gasteiger partial charge in [-0.2, -0.15) is 0 Å². The zero-order valence-corrected chi connectivity index (χ0v) is 13.9. The maximum absolute atomic E-state index is 3.81. The largest absolute Gasteiger partial charge is 0.313 e. The Morgan fingerprint density at radius 1 is 1.05 bits per heavy atom. The van der Waals surface area contributed by atoms with E-state index in [4.69, 9.17) is 0 Å². The molecule has 0 radical (unpaired) electrons. The molecule has 0 amide bonds. The SMILES string of the molecule is CC(C)NCC1(CNC(C)C)CN(C(C)C)C(C)N1. The molecule has 0 aromatic heterocycles. The minimum Gasteiger partial charge on any atom is -0.313 e. The normalized spacial score (nSPS) is 24.0. The highest BCUT2D eigenvalue weighted by Crippen LogP contribution is 2.20. The van der Waals surface area contributed by atoms with Crippen molar-refractivity contribution in [1.82, 2.24) is 20.9 Å². The lowest BCUT2D eigenvalue weighted by molar-refractivity contribution is 0.202. The van der Waals surface area contributed by atoms with Gasteiger partial charge in [0.2, 0.25) is 0 Å². The third kappa shape index (κ3) is 5.03. The molecule has 0 aromatic carbocycles. The highest BCUT2D eigenvalue weighted by atomic mass is 15.4. The molecule has 1 aliphatic rings. The van der Waals surface area contributed by atoms with Crippen molar-refractivity contribution in [1.29, 1.82) is 0 Å². The van der Waals surface area contributed by atoms with Crippen molar-refractivity contribution in [2.45, 2.75) is 78.3 Å². The van der Waals surface area contributed by atoms with Crippen LogP contribution in [0.4, 0.5) is 0 Å². The average Bonchev–Trinajstić information content (AvgIpc) is 2.62. The van der Waals surface area contributed by atoms with Gasteiger partial charge in [-0.15, -0.1) is 0 Å². The molecule has 1 rings (SSSR count). The highest BCUT2D eigenvalue weighted by Gasteiger charge is 2.42. The molecule has 3 N–H and O–H groups in total. The monoisotopic (exact) mass is 270 g/mol. The van der Waals surface area contributed by atoms with Gasteiger partial charge in [-0.3, -0.25) is 10.2 Å². The van der Waals surface area contributed by atoms with Gasteiger partial charge in [0, 0.05) is 37.8 Å². The van der Waals surface area contributed by atoms with Gasteiger partial charge in [0.05, 0.1) is 11.7 Å². The predicted molar refractivity (Wildman–Crippen MR) is 83.4 cm³/mol. The smallest absolute Gasteiger partial charge is 0.0576 e. The molecular formula is C15H34N4. The molecule has 1 fully saturated rings. The summed E-state index contributed by atoms with van der Waals surface area (Å²) in [7, 11) is 0. The third-order valence-corrected chi connectivity index (χ3v) is 3.86. The van der Waals surface area contributed by atoms with Crippen LogP contribution in [0.25, 0.3) is 0 Å². The Kier molecular flexibility index (Phi) is 6.24. The molecule has 0 spiro atoms. The summed E-state index contributed by atoms with van der Waals surface area (Å²) in [5.41, 5.74) is 0.137. The third-order valence-electron chi connectivity index (χ3n) is 3.86. The lowest BCUT2D eigenvalue weighted by atomic mass is 9.99. The summed E-state index contributed by atoms with van der Waals surface area (Å²) in [5.74, 6) is 0. The lowest BCUT2D eigenvalue weighted by Gasteiger charge is -2.32. The Morgan fingerprint density at radius 3 is 1.84 bits per heavy atom. The fourth-order valence-electron chi connectivity index (χ4n) is 2.76. The molecule has 1 aliphatic heterocycles. The second-order valence-electron chi connectivity index (χ2n) is 6.94. The zero-order valence-electron chi connectivity index (χ0n) is 13.9. The van der Waals surface area contributed by atoms with Gasteiger partial charge in [-0.25, -0.2) is 0 Å². The van der Waals surface area contributed by atoms with Crippen LogP contribution < -0.4 is 16.0 Å². The number of hydrogen-bond acceptors (Lipinski definition) is 4. The molecule has 1 atom stereocenters. The van der Waals surface area contributed by atoms with E-state index in [1.807, 2.05) is 0 Å². The molecule has 4 nitrogen and oxygen atoms in total. The van der Waals surface area contributed by atoms with Gasteiger partial charge in [0.15, 0.2) is 0 Å². The summed E-state index contributed by atoms with van der Waals surface area (Å²) in [6, 6.07) is 1.64. The second kappa shape index (κ2) is 7.02. The topological polar surface area (TPSA) is 39.3 Å². The molecule has 0 aliphatic carbocycles. The van der Waals surface area contributed by atoms with Crippen molar-refractivity contribution in [3.05, 3.63) is 0 Å². The highest BCUT2D eigenvalue weighted by molar-refractivity contribution is 5.03. The van der Waals surface area contributed by atoms with E-state index in [1.54, 1.807) is 0 Å². The quantitative estimate of drug-likeness (QED) is 0.654. The van der Waals surface area contributed by atoms with E-state index in [1.165, 1.54) is 0 Å². The molecule has 1 unspecified atom stereocenters. The zero-order chi connectivity index (χ0) is 14.6. The number of hydrogen-bond donors (Lipinski definition) is 3. The van der Waals surface area contributed by atoms with E-state index in [2.05, 4.69) is 69.3 Å². The van der Waals surface area contributed by atoms with Crippen molar-refractivity contribution < 1.29 is 0 Å². The first-order valence-corrected chi connectivity index (χ1v) is 7.76. The Balaban J connectivity index is 2.70. The van der Waals surface area contributed by atoms with E-state index in [-0.39, 0.29) is 5.54 Å². The number of nitrogens with one attached hydrogen (secondary N) is 3. The molecular weight excluding hydrogens is 236 g/mol. The fourth-order valence-corrected chi connectivity index (χ4v) is 2.76. The maximum Gasteiger partial charge on any atom is 0.0576 e. The summed E-state index contributed by atoms with van der Waals surface area (Å²) >= 11 is 0. The first-order chi connectivity index (χ1) is 8.76. The molecule has 1 saturated heterocycles. The maximum atomic E-state index is 3.81. The molecule has 1 heterocycles. The summed E-state index contributed by atoms with van der Waals surface area (Å²) in [6.07, 6.45) is 0.447. The number of rotatable bonds is 7. The summed E-state index contributed by atoms with van der Waals surface area (Å²) in [6.45, 7) is 18.8. The fraction of sp³-hybridized carbons (Fsp3) is 1.00. The molecule has 4 heteroatoms. The molecule has 114 valence electrons. The molecule has 0 bridgehead atoms. The standard InChI is InChI=1S/C15H34N4/c1-11(2)16-8-15(9-17-12(3)4)10-19(13(5)6)14(7)18-15/h11-14,16-18H,8-10H2,1-7H3. The predicted octanol–water partition coefficient (Wildman–Crippen LogP) is 1.38. The van der Waals surface area contributed by atoms with Crippen LogP contribution in [0.2, 0.25) is 0 Å². The minimum absolute atomic E-state index is 0.137.